The molecule has 0 saturated carbocycles. The molecule has 0 fully saturated rings. The van der Waals surface area contributed by atoms with Gasteiger partial charge in [0, 0.05) is 23.3 Å². The monoisotopic (exact) mass is 295 g/mol. The molecule has 0 saturated heterocycles. The van der Waals surface area contributed by atoms with Gasteiger partial charge in [-0.2, -0.15) is 5.10 Å². The second kappa shape index (κ2) is 5.77. The van der Waals surface area contributed by atoms with Crippen LogP contribution in [0.15, 0.2) is 53.6 Å². The summed E-state index contributed by atoms with van der Waals surface area (Å²) >= 11 is 0. The van der Waals surface area contributed by atoms with Gasteiger partial charge in [-0.1, -0.05) is 24.3 Å². The van der Waals surface area contributed by atoms with Crippen LogP contribution in [0.5, 0.6) is 0 Å². The van der Waals surface area contributed by atoms with Crippen molar-refractivity contribution in [1.82, 2.24) is 5.43 Å². The Hall–Kier alpha value is -3.02. The molecule has 0 aliphatic heterocycles. The van der Waals surface area contributed by atoms with Crippen molar-refractivity contribution in [1.29, 1.82) is 0 Å². The van der Waals surface area contributed by atoms with Crippen LogP contribution in [0.4, 0.5) is 5.69 Å². The van der Waals surface area contributed by atoms with E-state index in [2.05, 4.69) is 16.6 Å². The van der Waals surface area contributed by atoms with Crippen molar-refractivity contribution >= 4 is 17.3 Å². The van der Waals surface area contributed by atoms with Crippen LogP contribution in [0.1, 0.15) is 27.9 Å². The van der Waals surface area contributed by atoms with E-state index >= 15 is 0 Å². The third kappa shape index (κ3) is 2.71. The van der Waals surface area contributed by atoms with E-state index in [0.717, 1.165) is 24.1 Å². The van der Waals surface area contributed by atoms with Gasteiger partial charge in [-0.05, 0) is 30.5 Å². The second-order valence-corrected chi connectivity index (χ2v) is 4.96. The number of hydrogen-bond acceptors (Lipinski definition) is 4. The van der Waals surface area contributed by atoms with E-state index in [1.807, 2.05) is 18.2 Å². The molecule has 0 unspecified atom stereocenters. The summed E-state index contributed by atoms with van der Waals surface area (Å²) in [4.78, 5) is 22.1. The maximum absolute atomic E-state index is 12.0. The molecule has 6 nitrogen and oxygen atoms in total. The topological polar surface area (TPSA) is 84.6 Å². The minimum Gasteiger partial charge on any atom is -0.267 e. The SMILES string of the molecule is O=C(N/N=C1/CCc2ccccc21)c1ccc([N+](=O)[O-])cc1. The van der Waals surface area contributed by atoms with Crippen LogP contribution >= 0.6 is 0 Å². The molecule has 0 spiro atoms. The molecule has 0 bridgehead atoms. The van der Waals surface area contributed by atoms with Gasteiger partial charge in [-0.3, -0.25) is 14.9 Å². The molecule has 6 heteroatoms. The Labute approximate surface area is 126 Å². The first-order valence-electron chi connectivity index (χ1n) is 6.85. The molecule has 2 aromatic carbocycles. The van der Waals surface area contributed by atoms with Gasteiger partial charge in [0.25, 0.3) is 11.6 Å². The third-order valence-corrected chi connectivity index (χ3v) is 3.59. The number of carbonyl (C=O) groups is 1. The van der Waals surface area contributed by atoms with E-state index in [1.54, 1.807) is 0 Å². The van der Waals surface area contributed by atoms with E-state index in [9.17, 15) is 14.9 Å². The maximum atomic E-state index is 12.0. The van der Waals surface area contributed by atoms with Gasteiger partial charge in [0.2, 0.25) is 0 Å². The van der Waals surface area contributed by atoms with Crippen molar-refractivity contribution in [3.63, 3.8) is 0 Å². The third-order valence-electron chi connectivity index (χ3n) is 3.59. The highest BCUT2D eigenvalue weighted by Gasteiger charge is 2.17. The fraction of sp³-hybridized carbons (Fsp3) is 0.125. The van der Waals surface area contributed by atoms with Crippen LogP contribution in [0.2, 0.25) is 0 Å². The predicted molar refractivity (Wildman–Crippen MR) is 81.9 cm³/mol. The van der Waals surface area contributed by atoms with Crippen molar-refractivity contribution in [3.05, 3.63) is 75.3 Å². The van der Waals surface area contributed by atoms with Gasteiger partial charge in [0.05, 0.1) is 10.6 Å². The normalized spacial score (nSPS) is 14.6. The number of carbonyl (C=O) groups excluding carboxylic acids is 1. The van der Waals surface area contributed by atoms with Crippen molar-refractivity contribution in [2.45, 2.75) is 12.8 Å². The Bertz CT molecular complexity index is 766. The molecule has 0 radical (unpaired) electrons. The van der Waals surface area contributed by atoms with E-state index in [-0.39, 0.29) is 11.6 Å². The fourth-order valence-electron chi connectivity index (χ4n) is 2.44. The number of amides is 1. The van der Waals surface area contributed by atoms with Gasteiger partial charge in [-0.25, -0.2) is 5.43 Å². The summed E-state index contributed by atoms with van der Waals surface area (Å²) in [6.45, 7) is 0. The summed E-state index contributed by atoms with van der Waals surface area (Å²) in [6, 6.07) is 13.4. The maximum Gasteiger partial charge on any atom is 0.271 e. The number of hydrogen-bond donors (Lipinski definition) is 1. The van der Waals surface area contributed by atoms with Crippen molar-refractivity contribution < 1.29 is 9.72 Å². The quantitative estimate of drug-likeness (QED) is 0.697. The largest absolute Gasteiger partial charge is 0.271 e. The van der Waals surface area contributed by atoms with Gasteiger partial charge in [0.1, 0.15) is 0 Å². The summed E-state index contributed by atoms with van der Waals surface area (Å²) in [5.41, 5.74) is 5.94. The minimum atomic E-state index is -0.503. The number of nitrogens with zero attached hydrogens (tertiary/aromatic N) is 2. The highest BCUT2D eigenvalue weighted by molar-refractivity contribution is 6.05. The first kappa shape index (κ1) is 13.9. The average molecular weight is 295 g/mol. The summed E-state index contributed by atoms with van der Waals surface area (Å²) in [6.07, 6.45) is 1.71. The summed E-state index contributed by atoms with van der Waals surface area (Å²) < 4.78 is 0. The second-order valence-electron chi connectivity index (χ2n) is 4.96. The van der Waals surface area contributed by atoms with Crippen LogP contribution in [-0.2, 0) is 6.42 Å². The molecule has 0 atom stereocenters. The average Bonchev–Trinajstić information content (AvgIpc) is 2.96. The van der Waals surface area contributed by atoms with Crippen molar-refractivity contribution in [3.8, 4) is 0 Å². The Kier molecular flexibility index (Phi) is 3.65. The first-order chi connectivity index (χ1) is 10.6. The van der Waals surface area contributed by atoms with Gasteiger partial charge >= 0.3 is 0 Å². The number of nitro groups is 1. The van der Waals surface area contributed by atoms with Gasteiger partial charge in [0.15, 0.2) is 0 Å². The Morgan fingerprint density at radius 1 is 1.09 bits per heavy atom. The summed E-state index contributed by atoms with van der Waals surface area (Å²) in [7, 11) is 0. The first-order valence-corrected chi connectivity index (χ1v) is 6.85. The predicted octanol–water partition coefficient (Wildman–Crippen LogP) is 2.68. The number of aryl methyl sites for hydroxylation is 1. The molecule has 0 aromatic heterocycles. The molecule has 22 heavy (non-hydrogen) atoms. The molecule has 110 valence electrons. The minimum absolute atomic E-state index is 0.0485. The lowest BCUT2D eigenvalue weighted by Crippen LogP contribution is -2.19. The van der Waals surface area contributed by atoms with Crippen LogP contribution < -0.4 is 5.43 Å². The van der Waals surface area contributed by atoms with Crippen LogP contribution in [0.25, 0.3) is 0 Å². The number of non-ortho nitro benzene ring substituents is 1. The summed E-state index contributed by atoms with van der Waals surface area (Å²) in [5.74, 6) is -0.383. The zero-order chi connectivity index (χ0) is 15.5. The Morgan fingerprint density at radius 3 is 2.55 bits per heavy atom. The fourth-order valence-corrected chi connectivity index (χ4v) is 2.44. The Balaban J connectivity index is 1.73. The molecule has 3 rings (SSSR count). The van der Waals surface area contributed by atoms with E-state index in [1.165, 1.54) is 29.8 Å². The van der Waals surface area contributed by atoms with Crippen LogP contribution in [0, 0.1) is 10.1 Å². The van der Waals surface area contributed by atoms with E-state index in [4.69, 9.17) is 0 Å². The number of fused-ring (bicyclic) bond motifs is 1. The van der Waals surface area contributed by atoms with Crippen molar-refractivity contribution in [2.24, 2.45) is 5.10 Å². The number of nitrogens with one attached hydrogen (secondary N) is 1. The van der Waals surface area contributed by atoms with E-state index < -0.39 is 4.92 Å². The number of rotatable bonds is 3. The Morgan fingerprint density at radius 2 is 1.82 bits per heavy atom. The zero-order valence-electron chi connectivity index (χ0n) is 11.7. The van der Waals surface area contributed by atoms with Crippen molar-refractivity contribution in [2.75, 3.05) is 0 Å². The van der Waals surface area contributed by atoms with Gasteiger partial charge in [-0.15, -0.1) is 0 Å². The molecule has 1 amide bonds. The lowest BCUT2D eigenvalue weighted by Gasteiger charge is -2.02. The number of nitro benzene ring substituents is 1. The van der Waals surface area contributed by atoms with Crippen LogP contribution in [0.3, 0.4) is 0 Å². The highest BCUT2D eigenvalue weighted by atomic mass is 16.6. The number of hydrazone groups is 1. The smallest absolute Gasteiger partial charge is 0.267 e. The van der Waals surface area contributed by atoms with Gasteiger partial charge < -0.3 is 0 Å². The van der Waals surface area contributed by atoms with Crippen LogP contribution in [-0.4, -0.2) is 16.5 Å². The molecule has 0 heterocycles. The van der Waals surface area contributed by atoms with E-state index in [0.29, 0.717) is 5.56 Å². The lowest BCUT2D eigenvalue weighted by atomic mass is 10.1. The summed E-state index contributed by atoms with van der Waals surface area (Å²) in [5, 5.41) is 14.8. The lowest BCUT2D eigenvalue weighted by molar-refractivity contribution is -0.384. The molecule has 1 aliphatic rings. The highest BCUT2D eigenvalue weighted by Crippen LogP contribution is 2.21. The molecular formula is C16H13N3O3. The number of benzene rings is 2. The standard InChI is InChI=1S/C16H13N3O3/c20-16(12-5-8-13(9-6-12)19(21)22)18-17-15-10-7-11-3-1-2-4-14(11)15/h1-6,8-9H,7,10H2,(H,18,20)/b17-15-. The molecule has 1 N–H and O–H groups in total. The molecular weight excluding hydrogens is 282 g/mol. The zero-order valence-corrected chi connectivity index (χ0v) is 11.7. The molecule has 1 aliphatic carbocycles. The molecule has 2 aromatic rings.